The van der Waals surface area contributed by atoms with Crippen LogP contribution in [0.1, 0.15) is 58.5 Å². The van der Waals surface area contributed by atoms with E-state index in [9.17, 15) is 19.2 Å². The van der Waals surface area contributed by atoms with Gasteiger partial charge in [0.15, 0.2) is 0 Å². The van der Waals surface area contributed by atoms with Crippen LogP contribution in [0.3, 0.4) is 0 Å². The van der Waals surface area contributed by atoms with Gasteiger partial charge in [0.1, 0.15) is 0 Å². The molecule has 6 heterocycles. The highest BCUT2D eigenvalue weighted by Crippen LogP contribution is 2.72. The minimum absolute atomic E-state index is 0.000926. The van der Waals surface area contributed by atoms with Crippen LogP contribution >= 0.6 is 0 Å². The molecule has 29 heavy (non-hydrogen) atoms. The maximum Gasteiger partial charge on any atom is 0.347 e. The molecule has 6 atom stereocenters. The van der Waals surface area contributed by atoms with Gasteiger partial charge in [-0.3, -0.25) is 0 Å². The Hall–Kier alpha value is -2.52. The van der Waals surface area contributed by atoms with Crippen LogP contribution in [0.15, 0.2) is 19.2 Å². The van der Waals surface area contributed by atoms with Crippen LogP contribution in [-0.4, -0.2) is 27.9 Å². The number of hydrogen-bond acceptors (Lipinski definition) is 4. The summed E-state index contributed by atoms with van der Waals surface area (Å²) in [6, 6.07) is -0.326. The summed E-state index contributed by atoms with van der Waals surface area (Å²) in [7, 11) is 3.05. The fraction of sp³-hybridized carbons (Fsp3) is 0.789. The van der Waals surface area contributed by atoms with Crippen molar-refractivity contribution in [2.75, 3.05) is 0 Å². The summed E-state index contributed by atoms with van der Waals surface area (Å²) in [5.41, 5.74) is -2.91. The van der Waals surface area contributed by atoms with Crippen molar-refractivity contribution in [1.29, 1.82) is 0 Å². The molecule has 2 saturated carbocycles. The molecule has 6 aliphatic rings. The lowest BCUT2D eigenvalue weighted by Gasteiger charge is -2.73. The quantitative estimate of drug-likeness (QED) is 0.591. The predicted octanol–water partition coefficient (Wildman–Crippen LogP) is -0.539. The van der Waals surface area contributed by atoms with E-state index in [2.05, 4.69) is 20.8 Å². The van der Waals surface area contributed by atoms with Crippen molar-refractivity contribution in [2.45, 2.75) is 69.6 Å². The molecule has 8 rings (SSSR count). The van der Waals surface area contributed by atoms with Crippen molar-refractivity contribution >= 4 is 0 Å². The molecule has 0 radical (unpaired) electrons. The Morgan fingerprint density at radius 3 is 1.45 bits per heavy atom. The van der Waals surface area contributed by atoms with Crippen molar-refractivity contribution in [3.05, 3.63) is 41.9 Å². The first-order valence-electron chi connectivity index (χ1n) is 10.3. The van der Waals surface area contributed by atoms with E-state index < -0.39 is 16.5 Å². The molecule has 2 aromatic heterocycles. The van der Waals surface area contributed by atoms with E-state index in [0.29, 0.717) is 0 Å². The third kappa shape index (κ3) is 1.36. The second-order valence-electron chi connectivity index (χ2n) is 10.0. The summed E-state index contributed by atoms with van der Waals surface area (Å²) >= 11 is 0. The number of hydrogen-bond donors (Lipinski definition) is 0. The van der Waals surface area contributed by atoms with Gasteiger partial charge in [-0.1, -0.05) is 6.92 Å². The molecule has 2 fully saturated rings. The van der Waals surface area contributed by atoms with Crippen LogP contribution in [0.25, 0.3) is 0 Å². The largest absolute Gasteiger partial charge is 0.347 e. The van der Waals surface area contributed by atoms with Crippen LogP contribution in [0, 0.1) is 11.3 Å². The fourth-order valence-corrected chi connectivity index (χ4v) is 7.85. The molecule has 0 spiro atoms. The molecular formula is C19H26N6O4. The third-order valence-electron chi connectivity index (χ3n) is 9.48. The number of rotatable bonds is 0. The molecule has 0 saturated heterocycles. The predicted molar refractivity (Wildman–Crippen MR) is 103 cm³/mol. The zero-order chi connectivity index (χ0) is 20.8. The van der Waals surface area contributed by atoms with E-state index >= 15 is 0 Å². The Balaban J connectivity index is 1.79. The van der Waals surface area contributed by atoms with E-state index in [-0.39, 0.29) is 40.8 Å². The van der Waals surface area contributed by atoms with E-state index in [1.165, 1.54) is 23.2 Å². The van der Waals surface area contributed by atoms with Gasteiger partial charge in [-0.05, 0) is 39.5 Å². The first kappa shape index (κ1) is 17.3. The highest BCUT2D eigenvalue weighted by Gasteiger charge is 2.75. The van der Waals surface area contributed by atoms with E-state index in [1.54, 1.807) is 18.7 Å². The Kier molecular flexibility index (Phi) is 2.67. The van der Waals surface area contributed by atoms with Crippen molar-refractivity contribution in [3.63, 3.8) is 0 Å². The summed E-state index contributed by atoms with van der Waals surface area (Å²) in [5.74, 6) is -0.000926. The molecule has 2 aromatic rings. The van der Waals surface area contributed by atoms with E-state index in [0.717, 1.165) is 25.7 Å². The Labute approximate surface area is 165 Å². The Morgan fingerprint density at radius 1 is 0.690 bits per heavy atom. The van der Waals surface area contributed by atoms with Gasteiger partial charge in [0, 0.05) is 25.4 Å². The lowest BCUT2D eigenvalue weighted by atomic mass is 9.42. The van der Waals surface area contributed by atoms with Crippen molar-refractivity contribution in [2.24, 2.45) is 25.4 Å². The summed E-state index contributed by atoms with van der Waals surface area (Å²) in [5, 5.41) is 0. The van der Waals surface area contributed by atoms with Crippen LogP contribution < -0.4 is 22.8 Å². The molecule has 2 unspecified atom stereocenters. The van der Waals surface area contributed by atoms with Crippen LogP contribution in [0.5, 0.6) is 0 Å². The van der Waals surface area contributed by atoms with Crippen molar-refractivity contribution in [3.8, 4) is 0 Å². The fourth-order valence-electron chi connectivity index (χ4n) is 7.85. The molecule has 4 bridgehead atoms. The summed E-state index contributed by atoms with van der Waals surface area (Å²) < 4.78 is 9.02. The zero-order valence-electron chi connectivity index (χ0n) is 17.4. The first-order valence-corrected chi connectivity index (χ1v) is 10.3. The molecule has 0 N–H and O–H groups in total. The zero-order valence-corrected chi connectivity index (χ0v) is 17.4. The maximum atomic E-state index is 13.1. The summed E-state index contributed by atoms with van der Waals surface area (Å²) in [4.78, 5) is 52.2. The molecule has 2 aliphatic carbocycles. The normalized spacial score (nSPS) is 41.3. The van der Waals surface area contributed by atoms with E-state index in [4.69, 9.17) is 0 Å². The minimum atomic E-state index is -0.631. The molecule has 156 valence electrons. The van der Waals surface area contributed by atoms with Gasteiger partial charge in [-0.2, -0.15) is 0 Å². The van der Waals surface area contributed by atoms with Crippen molar-refractivity contribution < 1.29 is 0 Å². The van der Waals surface area contributed by atoms with Gasteiger partial charge < -0.3 is 0 Å². The highest BCUT2D eigenvalue weighted by atomic mass is 16.2. The Bertz CT molecular complexity index is 1250. The van der Waals surface area contributed by atoms with Crippen molar-refractivity contribution in [1.82, 2.24) is 27.9 Å². The molecule has 0 amide bonds. The smallest absolute Gasteiger partial charge is 0.246 e. The lowest BCUT2D eigenvalue weighted by Crippen LogP contribution is -2.78. The average Bonchev–Trinajstić information content (AvgIpc) is 3.06. The number of nitrogens with zero attached hydrogens (tertiary/aromatic N) is 6. The Morgan fingerprint density at radius 2 is 1.07 bits per heavy atom. The second-order valence-corrected chi connectivity index (χ2v) is 10.0. The lowest BCUT2D eigenvalue weighted by molar-refractivity contribution is -0.251. The molecule has 10 heteroatoms. The topological polar surface area (TPSA) is 97.9 Å². The van der Waals surface area contributed by atoms with Gasteiger partial charge in [0.25, 0.3) is 0 Å². The molecule has 0 aromatic carbocycles. The molecular weight excluding hydrogens is 376 g/mol. The second kappa shape index (κ2) is 4.46. The average molecular weight is 402 g/mol. The minimum Gasteiger partial charge on any atom is -0.246 e. The van der Waals surface area contributed by atoms with Gasteiger partial charge >= 0.3 is 22.8 Å². The maximum absolute atomic E-state index is 13.1. The molecule has 4 aliphatic heterocycles. The van der Waals surface area contributed by atoms with Gasteiger partial charge in [-0.15, -0.1) is 0 Å². The first-order chi connectivity index (χ1) is 13.5. The summed E-state index contributed by atoms with van der Waals surface area (Å²) in [6.45, 7) is 6.31. The number of fused-ring (bicyclic) bond motifs is 2. The monoisotopic (exact) mass is 402 g/mol. The summed E-state index contributed by atoms with van der Waals surface area (Å²) in [6.07, 6.45) is 3.11. The van der Waals surface area contributed by atoms with E-state index in [1.807, 2.05) is 0 Å². The van der Waals surface area contributed by atoms with Crippen LogP contribution in [0.4, 0.5) is 0 Å². The van der Waals surface area contributed by atoms with Gasteiger partial charge in [0.2, 0.25) is 0 Å². The van der Waals surface area contributed by atoms with Gasteiger partial charge in [0.05, 0.1) is 23.2 Å². The van der Waals surface area contributed by atoms with Gasteiger partial charge in [-0.25, -0.2) is 47.0 Å². The number of aromatic nitrogens is 6. The third-order valence-corrected chi connectivity index (χ3v) is 9.48. The molecule has 10 nitrogen and oxygen atoms in total. The van der Waals surface area contributed by atoms with Crippen LogP contribution in [-0.2, 0) is 25.2 Å². The highest BCUT2D eigenvalue weighted by molar-refractivity contribution is 5.24. The van der Waals surface area contributed by atoms with Crippen LogP contribution in [0.2, 0.25) is 0 Å². The SMILES string of the molecule is Cn1c(=O)n2n(c1=O)[C@]1(C)CC[C@H]2C2[C@H]3CC[C@](C)(n4c(=O)n(C)c(=O)n43)C21C. The standard InChI is InChI=1S/C19H26N6O4/c1-17-8-6-10(22-13(26)20(4)15(28)24(17)22)12-11-7-9-18(2,19(12,17)3)25-16(29)21(5)14(27)23(11)25/h10-12H,6-9H2,1-5H3/t10-,11+,12?,17+,18-,19?.